The molecule has 1 amide bonds. The highest BCUT2D eigenvalue weighted by atomic mass is 127. The van der Waals surface area contributed by atoms with Gasteiger partial charge in [0.05, 0.1) is 18.8 Å². The van der Waals surface area contributed by atoms with Crippen molar-refractivity contribution in [3.8, 4) is 0 Å². The molecule has 0 radical (unpaired) electrons. The molecule has 2 rings (SSSR count). The van der Waals surface area contributed by atoms with Crippen molar-refractivity contribution in [2.75, 3.05) is 19.7 Å². The molecule has 0 aliphatic carbocycles. The second-order valence-corrected chi connectivity index (χ2v) is 5.71. The van der Waals surface area contributed by atoms with Crippen LogP contribution >= 0.6 is 22.6 Å². The highest BCUT2D eigenvalue weighted by molar-refractivity contribution is 14.1. The highest BCUT2D eigenvalue weighted by Crippen LogP contribution is 2.15. The van der Waals surface area contributed by atoms with Crippen LogP contribution in [0.5, 0.6) is 0 Å². The van der Waals surface area contributed by atoms with Crippen LogP contribution in [0, 0.1) is 3.57 Å². The lowest BCUT2D eigenvalue weighted by Gasteiger charge is -2.36. The Bertz CT molecular complexity index is 421. The molecule has 1 fully saturated rings. The lowest BCUT2D eigenvalue weighted by atomic mass is 10.1. The van der Waals surface area contributed by atoms with E-state index in [0.29, 0.717) is 18.7 Å². The average molecular weight is 361 g/mol. The molecule has 1 aromatic carbocycles. The van der Waals surface area contributed by atoms with Crippen LogP contribution in [0.1, 0.15) is 17.3 Å². The lowest BCUT2D eigenvalue weighted by molar-refractivity contribution is -0.0858. The first-order chi connectivity index (χ1) is 8.60. The number of benzene rings is 1. The molecule has 2 unspecified atom stereocenters. The maximum atomic E-state index is 12.3. The molecule has 1 aliphatic heterocycles. The third-order valence-corrected chi connectivity index (χ3v) is 3.63. The van der Waals surface area contributed by atoms with Gasteiger partial charge in [-0.25, -0.2) is 0 Å². The van der Waals surface area contributed by atoms with Gasteiger partial charge >= 0.3 is 0 Å². The molecular formula is C13H16INO3. The number of aliphatic hydroxyl groups excluding tert-OH is 1. The Morgan fingerprint density at radius 1 is 1.44 bits per heavy atom. The summed E-state index contributed by atoms with van der Waals surface area (Å²) in [4.78, 5) is 14.1. The molecule has 0 aromatic heterocycles. The Kier molecular flexibility index (Phi) is 4.58. The zero-order valence-electron chi connectivity index (χ0n) is 10.2. The van der Waals surface area contributed by atoms with Crippen LogP contribution in [0.3, 0.4) is 0 Å². The van der Waals surface area contributed by atoms with Crippen molar-refractivity contribution < 1.29 is 14.6 Å². The van der Waals surface area contributed by atoms with Gasteiger partial charge in [-0.3, -0.25) is 4.79 Å². The van der Waals surface area contributed by atoms with Gasteiger partial charge in [0.1, 0.15) is 0 Å². The number of carbonyl (C=O) groups excluding carboxylic acids is 1. The van der Waals surface area contributed by atoms with Gasteiger partial charge in [0.15, 0.2) is 0 Å². The molecule has 2 atom stereocenters. The molecule has 0 bridgehead atoms. The van der Waals surface area contributed by atoms with Crippen molar-refractivity contribution in [3.63, 3.8) is 0 Å². The number of aliphatic hydroxyl groups is 1. The van der Waals surface area contributed by atoms with E-state index in [2.05, 4.69) is 22.6 Å². The normalized spacial score (nSPS) is 24.1. The largest absolute Gasteiger partial charge is 0.394 e. The zero-order chi connectivity index (χ0) is 13.1. The van der Waals surface area contributed by atoms with E-state index >= 15 is 0 Å². The van der Waals surface area contributed by atoms with Gasteiger partial charge < -0.3 is 14.7 Å². The predicted molar refractivity (Wildman–Crippen MR) is 76.5 cm³/mol. The predicted octanol–water partition coefficient (Wildman–Crippen LogP) is 1.51. The fraction of sp³-hybridized carbons (Fsp3) is 0.462. The molecular weight excluding hydrogens is 345 g/mol. The Hall–Kier alpha value is -0.660. The van der Waals surface area contributed by atoms with E-state index in [1.165, 1.54) is 0 Å². The Morgan fingerprint density at radius 2 is 2.11 bits per heavy atom. The van der Waals surface area contributed by atoms with Crippen LogP contribution in [0.15, 0.2) is 24.3 Å². The Labute approximate surface area is 120 Å². The molecule has 5 heteroatoms. The monoisotopic (exact) mass is 361 g/mol. The maximum Gasteiger partial charge on any atom is 0.254 e. The summed E-state index contributed by atoms with van der Waals surface area (Å²) in [5, 5.41) is 9.15. The first-order valence-corrected chi connectivity index (χ1v) is 6.99. The second kappa shape index (κ2) is 5.99. The van der Waals surface area contributed by atoms with Crippen LogP contribution in [-0.4, -0.2) is 47.8 Å². The molecule has 0 spiro atoms. The number of morpholine rings is 1. The molecule has 1 aliphatic rings. The average Bonchev–Trinajstić information content (AvgIpc) is 2.38. The van der Waals surface area contributed by atoms with Gasteiger partial charge in [-0.2, -0.15) is 0 Å². The van der Waals surface area contributed by atoms with E-state index in [9.17, 15) is 4.79 Å². The minimum absolute atomic E-state index is 0.000000000000000444. The first-order valence-electron chi connectivity index (χ1n) is 5.91. The topological polar surface area (TPSA) is 49.8 Å². The van der Waals surface area contributed by atoms with Crippen LogP contribution in [0.25, 0.3) is 0 Å². The molecule has 98 valence electrons. The van der Waals surface area contributed by atoms with Gasteiger partial charge in [0, 0.05) is 22.2 Å². The van der Waals surface area contributed by atoms with E-state index in [1.807, 2.05) is 31.2 Å². The van der Waals surface area contributed by atoms with Gasteiger partial charge in [-0.05, 0) is 53.8 Å². The summed E-state index contributed by atoms with van der Waals surface area (Å²) in [6, 6.07) is 7.50. The minimum atomic E-state index is -0.276. The SMILES string of the molecule is CC1CN(C(=O)c2ccc(I)cc2)CC(CO)O1. The van der Waals surface area contributed by atoms with Crippen LogP contribution < -0.4 is 0 Å². The molecule has 1 saturated heterocycles. The van der Waals surface area contributed by atoms with Crippen LogP contribution in [-0.2, 0) is 4.74 Å². The van der Waals surface area contributed by atoms with Gasteiger partial charge in [-0.1, -0.05) is 0 Å². The standard InChI is InChI=1S/C13H16INO3/c1-9-6-15(7-12(8-16)18-9)13(17)10-2-4-11(14)5-3-10/h2-5,9,12,16H,6-8H2,1H3. The fourth-order valence-corrected chi connectivity index (χ4v) is 2.45. The van der Waals surface area contributed by atoms with E-state index in [1.54, 1.807) is 4.90 Å². The number of hydrogen-bond acceptors (Lipinski definition) is 3. The molecule has 1 N–H and O–H groups in total. The van der Waals surface area contributed by atoms with E-state index in [0.717, 1.165) is 3.57 Å². The van der Waals surface area contributed by atoms with Gasteiger partial charge in [0.2, 0.25) is 0 Å². The van der Waals surface area contributed by atoms with Crippen molar-refractivity contribution >= 4 is 28.5 Å². The second-order valence-electron chi connectivity index (χ2n) is 4.47. The summed E-state index contributed by atoms with van der Waals surface area (Å²) in [5.41, 5.74) is 0.682. The van der Waals surface area contributed by atoms with Crippen molar-refractivity contribution in [1.82, 2.24) is 4.90 Å². The summed E-state index contributed by atoms with van der Waals surface area (Å²) in [6.07, 6.45) is -0.315. The summed E-state index contributed by atoms with van der Waals surface area (Å²) < 4.78 is 6.63. The number of halogens is 1. The minimum Gasteiger partial charge on any atom is -0.394 e. The third kappa shape index (κ3) is 3.21. The van der Waals surface area contributed by atoms with Crippen LogP contribution in [0.2, 0.25) is 0 Å². The van der Waals surface area contributed by atoms with Crippen molar-refractivity contribution in [1.29, 1.82) is 0 Å². The number of rotatable bonds is 2. The molecule has 0 saturated carbocycles. The summed E-state index contributed by atoms with van der Waals surface area (Å²) in [6.45, 7) is 2.88. The quantitative estimate of drug-likeness (QED) is 0.813. The van der Waals surface area contributed by atoms with Crippen molar-refractivity contribution in [3.05, 3.63) is 33.4 Å². The molecule has 1 aromatic rings. The van der Waals surface area contributed by atoms with Gasteiger partial charge in [0.25, 0.3) is 5.91 Å². The fourth-order valence-electron chi connectivity index (χ4n) is 2.09. The van der Waals surface area contributed by atoms with E-state index < -0.39 is 0 Å². The Balaban J connectivity index is 2.10. The summed E-state index contributed by atoms with van der Waals surface area (Å²) in [5.74, 6) is 0.000000000000000444. The van der Waals surface area contributed by atoms with Crippen LogP contribution in [0.4, 0.5) is 0 Å². The Morgan fingerprint density at radius 3 is 2.72 bits per heavy atom. The molecule has 1 heterocycles. The summed E-state index contributed by atoms with van der Waals surface area (Å²) >= 11 is 2.21. The number of nitrogens with zero attached hydrogens (tertiary/aromatic N) is 1. The van der Waals surface area contributed by atoms with Crippen molar-refractivity contribution in [2.45, 2.75) is 19.1 Å². The number of carbonyl (C=O) groups is 1. The first kappa shape index (κ1) is 13.8. The summed E-state index contributed by atoms with van der Waals surface area (Å²) in [7, 11) is 0. The molecule has 4 nitrogen and oxygen atoms in total. The lowest BCUT2D eigenvalue weighted by Crippen LogP contribution is -2.50. The van der Waals surface area contributed by atoms with Crippen molar-refractivity contribution in [2.24, 2.45) is 0 Å². The smallest absolute Gasteiger partial charge is 0.254 e. The maximum absolute atomic E-state index is 12.3. The van der Waals surface area contributed by atoms with E-state index in [-0.39, 0.29) is 24.7 Å². The van der Waals surface area contributed by atoms with E-state index in [4.69, 9.17) is 9.84 Å². The number of amides is 1. The zero-order valence-corrected chi connectivity index (χ0v) is 12.3. The molecule has 18 heavy (non-hydrogen) atoms. The number of ether oxygens (including phenoxy) is 1. The van der Waals surface area contributed by atoms with Gasteiger partial charge in [-0.15, -0.1) is 0 Å². The number of hydrogen-bond donors (Lipinski definition) is 1. The highest BCUT2D eigenvalue weighted by Gasteiger charge is 2.28. The third-order valence-electron chi connectivity index (χ3n) is 2.91.